The number of esters is 1. The molecule has 1 saturated heterocycles. The lowest BCUT2D eigenvalue weighted by atomic mass is 9.98. The highest BCUT2D eigenvalue weighted by Gasteiger charge is 2.29. The average Bonchev–Trinajstić information content (AvgIpc) is 2.75. The zero-order valence-electron chi connectivity index (χ0n) is 16.5. The fourth-order valence-corrected chi connectivity index (χ4v) is 3.52. The number of amides is 1. The van der Waals surface area contributed by atoms with Crippen LogP contribution in [0.4, 0.5) is 4.39 Å². The predicted molar refractivity (Wildman–Crippen MR) is 107 cm³/mol. The van der Waals surface area contributed by atoms with E-state index in [9.17, 15) is 18.8 Å². The molecule has 1 aliphatic rings. The van der Waals surface area contributed by atoms with Crippen LogP contribution in [0.1, 0.15) is 31.9 Å². The molecular formula is C20H22ClFN4O4. The summed E-state index contributed by atoms with van der Waals surface area (Å²) < 4.78 is 18.3. The van der Waals surface area contributed by atoms with E-state index in [1.54, 1.807) is 11.8 Å². The Balaban J connectivity index is 1.61. The number of aromatic nitrogens is 3. The smallest absolute Gasteiger partial charge is 0.310 e. The molecule has 2 aromatic rings. The lowest BCUT2D eigenvalue weighted by Gasteiger charge is -2.31. The number of ether oxygens (including phenoxy) is 1. The summed E-state index contributed by atoms with van der Waals surface area (Å²) in [7, 11) is 0. The number of H-pyrrole nitrogens is 1. The first-order chi connectivity index (χ1) is 14.4. The summed E-state index contributed by atoms with van der Waals surface area (Å²) in [5.74, 6) is -1.17. The molecule has 1 N–H and O–H groups in total. The second kappa shape index (κ2) is 9.80. The van der Waals surface area contributed by atoms with E-state index in [2.05, 4.69) is 15.2 Å². The van der Waals surface area contributed by atoms with Crippen molar-refractivity contribution in [3.8, 4) is 11.4 Å². The second-order valence-corrected chi connectivity index (χ2v) is 7.42. The minimum Gasteiger partial charge on any atom is -0.466 e. The number of halogens is 2. The Morgan fingerprint density at radius 2 is 2.17 bits per heavy atom. The van der Waals surface area contributed by atoms with Crippen molar-refractivity contribution >= 4 is 23.5 Å². The molecule has 0 saturated carbocycles. The molecule has 1 unspecified atom stereocenters. The minimum absolute atomic E-state index is 0.0784. The van der Waals surface area contributed by atoms with Crippen molar-refractivity contribution in [2.45, 2.75) is 32.6 Å². The monoisotopic (exact) mass is 436 g/mol. The maximum atomic E-state index is 13.3. The molecular weight excluding hydrogens is 415 g/mol. The SMILES string of the molecule is CCOC(=O)C1CCCN(C(=O)CCc2nnc(-c3ccc(F)c(Cl)c3)[nH]c2=O)C1. The van der Waals surface area contributed by atoms with Gasteiger partial charge in [0.1, 0.15) is 11.5 Å². The molecule has 160 valence electrons. The summed E-state index contributed by atoms with van der Waals surface area (Å²) in [5.41, 5.74) is 0.0718. The summed E-state index contributed by atoms with van der Waals surface area (Å²) in [6.45, 7) is 2.95. The number of aromatic amines is 1. The number of benzene rings is 1. The molecule has 1 amide bonds. The number of aryl methyl sites for hydroxylation is 1. The van der Waals surface area contributed by atoms with Crippen LogP contribution >= 0.6 is 11.6 Å². The van der Waals surface area contributed by atoms with Gasteiger partial charge < -0.3 is 14.6 Å². The molecule has 0 aliphatic carbocycles. The van der Waals surface area contributed by atoms with Crippen molar-refractivity contribution in [2.24, 2.45) is 5.92 Å². The lowest BCUT2D eigenvalue weighted by molar-refractivity contribution is -0.151. The Bertz CT molecular complexity index is 997. The average molecular weight is 437 g/mol. The van der Waals surface area contributed by atoms with Gasteiger partial charge in [-0.2, -0.15) is 0 Å². The zero-order chi connectivity index (χ0) is 21.7. The molecule has 0 bridgehead atoms. The third-order valence-electron chi connectivity index (χ3n) is 4.93. The molecule has 8 nitrogen and oxygen atoms in total. The number of carbonyl (C=O) groups is 2. The van der Waals surface area contributed by atoms with E-state index < -0.39 is 11.4 Å². The number of carbonyl (C=O) groups excluding carboxylic acids is 2. The second-order valence-electron chi connectivity index (χ2n) is 7.01. The molecule has 1 atom stereocenters. The Morgan fingerprint density at radius 3 is 2.87 bits per heavy atom. The number of nitrogens with zero attached hydrogens (tertiary/aromatic N) is 3. The first-order valence-electron chi connectivity index (χ1n) is 9.74. The van der Waals surface area contributed by atoms with E-state index in [0.29, 0.717) is 31.7 Å². The predicted octanol–water partition coefficient (Wildman–Crippen LogP) is 2.36. The van der Waals surface area contributed by atoms with Gasteiger partial charge in [-0.15, -0.1) is 10.2 Å². The molecule has 3 rings (SSSR count). The molecule has 0 radical (unpaired) electrons. The quantitative estimate of drug-likeness (QED) is 0.697. The van der Waals surface area contributed by atoms with E-state index in [4.69, 9.17) is 16.3 Å². The van der Waals surface area contributed by atoms with Crippen molar-refractivity contribution in [1.29, 1.82) is 0 Å². The number of rotatable bonds is 6. The van der Waals surface area contributed by atoms with Gasteiger partial charge in [0, 0.05) is 31.5 Å². The number of likely N-dealkylation sites (tertiary alicyclic amines) is 1. The Morgan fingerprint density at radius 1 is 1.37 bits per heavy atom. The van der Waals surface area contributed by atoms with Crippen LogP contribution in [0, 0.1) is 11.7 Å². The molecule has 0 spiro atoms. The topological polar surface area (TPSA) is 105 Å². The van der Waals surface area contributed by atoms with Gasteiger partial charge in [-0.1, -0.05) is 11.6 Å². The summed E-state index contributed by atoms with van der Waals surface area (Å²) >= 11 is 5.75. The van der Waals surface area contributed by atoms with Gasteiger partial charge in [0.05, 0.1) is 17.5 Å². The van der Waals surface area contributed by atoms with E-state index >= 15 is 0 Å². The molecule has 1 aliphatic heterocycles. The highest BCUT2D eigenvalue weighted by atomic mass is 35.5. The van der Waals surface area contributed by atoms with Crippen molar-refractivity contribution in [1.82, 2.24) is 20.1 Å². The van der Waals surface area contributed by atoms with Gasteiger partial charge in [0.15, 0.2) is 5.82 Å². The third-order valence-corrected chi connectivity index (χ3v) is 5.22. The van der Waals surface area contributed by atoms with Gasteiger partial charge in [-0.25, -0.2) is 4.39 Å². The van der Waals surface area contributed by atoms with E-state index in [1.807, 2.05) is 0 Å². The zero-order valence-corrected chi connectivity index (χ0v) is 17.2. The number of nitrogens with one attached hydrogen (secondary N) is 1. The largest absolute Gasteiger partial charge is 0.466 e. The molecule has 10 heteroatoms. The van der Waals surface area contributed by atoms with Gasteiger partial charge in [-0.3, -0.25) is 14.4 Å². The fraction of sp³-hybridized carbons (Fsp3) is 0.450. The molecule has 1 aromatic carbocycles. The van der Waals surface area contributed by atoms with Crippen molar-refractivity contribution in [3.63, 3.8) is 0 Å². The molecule has 1 fully saturated rings. The summed E-state index contributed by atoms with van der Waals surface area (Å²) in [6.07, 6.45) is 1.62. The highest BCUT2D eigenvalue weighted by Crippen LogP contribution is 2.22. The Kier molecular flexibility index (Phi) is 7.15. The standard InChI is InChI=1S/C20H22ClFN4O4/c1-2-30-20(29)13-4-3-9-26(11-13)17(27)8-7-16-19(28)23-18(25-24-16)12-5-6-15(22)14(21)10-12/h5-6,10,13H,2-4,7-9,11H2,1H3,(H,23,25,28). The minimum atomic E-state index is -0.575. The maximum absolute atomic E-state index is 13.3. The number of hydrogen-bond acceptors (Lipinski definition) is 6. The normalized spacial score (nSPS) is 16.4. The van der Waals surface area contributed by atoms with Crippen LogP contribution in [-0.4, -0.2) is 51.7 Å². The summed E-state index contributed by atoms with van der Waals surface area (Å²) in [4.78, 5) is 41.0. The Labute approximate surface area is 177 Å². The van der Waals surface area contributed by atoms with E-state index in [0.717, 1.165) is 6.42 Å². The van der Waals surface area contributed by atoms with Gasteiger partial charge >= 0.3 is 5.97 Å². The lowest BCUT2D eigenvalue weighted by Crippen LogP contribution is -2.43. The van der Waals surface area contributed by atoms with Crippen LogP contribution < -0.4 is 5.56 Å². The maximum Gasteiger partial charge on any atom is 0.310 e. The van der Waals surface area contributed by atoms with Crippen LogP contribution in [0.3, 0.4) is 0 Å². The summed E-state index contributed by atoms with van der Waals surface area (Å²) in [6, 6.07) is 3.95. The van der Waals surface area contributed by atoms with Gasteiger partial charge in [-0.05, 0) is 38.0 Å². The first kappa shape index (κ1) is 21.9. The summed E-state index contributed by atoms with van der Waals surface area (Å²) in [5, 5.41) is 7.78. The third kappa shape index (κ3) is 5.21. The highest BCUT2D eigenvalue weighted by molar-refractivity contribution is 6.31. The van der Waals surface area contributed by atoms with Crippen LogP contribution in [0.25, 0.3) is 11.4 Å². The molecule has 2 heterocycles. The van der Waals surface area contributed by atoms with E-state index in [-0.39, 0.29) is 47.2 Å². The van der Waals surface area contributed by atoms with Crippen LogP contribution in [-0.2, 0) is 20.7 Å². The van der Waals surface area contributed by atoms with Crippen LogP contribution in [0.5, 0.6) is 0 Å². The molecule has 30 heavy (non-hydrogen) atoms. The number of hydrogen-bond donors (Lipinski definition) is 1. The fourth-order valence-electron chi connectivity index (χ4n) is 3.34. The molecule has 1 aromatic heterocycles. The van der Waals surface area contributed by atoms with Crippen LogP contribution in [0.2, 0.25) is 5.02 Å². The van der Waals surface area contributed by atoms with Crippen molar-refractivity contribution in [3.05, 3.63) is 45.1 Å². The van der Waals surface area contributed by atoms with Crippen molar-refractivity contribution < 1.29 is 18.7 Å². The van der Waals surface area contributed by atoms with Crippen molar-refractivity contribution in [2.75, 3.05) is 19.7 Å². The Hall–Kier alpha value is -2.81. The van der Waals surface area contributed by atoms with Gasteiger partial charge in [0.2, 0.25) is 5.91 Å². The van der Waals surface area contributed by atoms with Gasteiger partial charge in [0.25, 0.3) is 5.56 Å². The van der Waals surface area contributed by atoms with Crippen LogP contribution in [0.15, 0.2) is 23.0 Å². The van der Waals surface area contributed by atoms with E-state index in [1.165, 1.54) is 18.2 Å². The first-order valence-corrected chi connectivity index (χ1v) is 10.1. The number of piperidine rings is 1.